The number of amides is 2. The Kier molecular flexibility index (Phi) is 4.65. The molecule has 4 atom stereocenters. The molecule has 1 aliphatic carbocycles. The quantitative estimate of drug-likeness (QED) is 0.320. The molecule has 4 heteroatoms. The van der Waals surface area contributed by atoms with Crippen molar-refractivity contribution in [1.82, 2.24) is 4.98 Å². The summed E-state index contributed by atoms with van der Waals surface area (Å²) in [6.07, 6.45) is 5.93. The van der Waals surface area contributed by atoms with Crippen LogP contribution in [0.1, 0.15) is 23.0 Å². The predicted octanol–water partition coefficient (Wildman–Crippen LogP) is 5.48. The number of benzene rings is 3. The molecule has 3 aromatic carbocycles. The summed E-state index contributed by atoms with van der Waals surface area (Å²) in [6, 6.07) is 29.5. The lowest BCUT2D eigenvalue weighted by atomic mass is 9.68. The van der Waals surface area contributed by atoms with E-state index < -0.39 is 11.8 Å². The highest BCUT2D eigenvalue weighted by atomic mass is 16.2. The molecule has 0 unspecified atom stereocenters. The minimum atomic E-state index is -0.464. The second kappa shape index (κ2) is 7.82. The number of aromatic nitrogens is 1. The van der Waals surface area contributed by atoms with Crippen molar-refractivity contribution in [2.24, 2.45) is 11.8 Å². The summed E-state index contributed by atoms with van der Waals surface area (Å²) in [7, 11) is 0. The molecule has 1 aliphatic heterocycles. The van der Waals surface area contributed by atoms with Gasteiger partial charge in [0.2, 0.25) is 11.8 Å². The number of carbonyl (C=O) groups excluding carboxylic acids is 2. The Morgan fingerprint density at radius 2 is 1.15 bits per heavy atom. The average Bonchev–Trinajstić information content (AvgIpc) is 3.14. The fourth-order valence-corrected chi connectivity index (χ4v) is 5.44. The molecule has 0 N–H and O–H groups in total. The molecule has 0 bridgehead atoms. The van der Waals surface area contributed by atoms with Gasteiger partial charge in [-0.25, -0.2) is 4.90 Å². The standard InChI is InChI=1S/C29H22N2O2/c32-28-25-22(19-9-3-1-4-10-19)16-17-23(20-11-5-2-6-12-20)26(25)29(33)31(28)24-15-7-13-21-14-8-18-30-27(21)24/h1-18,22-23,25-26H/t22-,23-,25+,26+/m0/s1. The third-order valence-electron chi connectivity index (χ3n) is 6.92. The van der Waals surface area contributed by atoms with Crippen molar-refractivity contribution >= 4 is 28.4 Å². The lowest BCUT2D eigenvalue weighted by molar-refractivity contribution is -0.122. The summed E-state index contributed by atoms with van der Waals surface area (Å²) in [5.74, 6) is -1.53. The monoisotopic (exact) mass is 430 g/mol. The third kappa shape index (κ3) is 3.10. The van der Waals surface area contributed by atoms with Gasteiger partial charge in [0.25, 0.3) is 0 Å². The number of anilines is 1. The minimum absolute atomic E-state index is 0.151. The van der Waals surface area contributed by atoms with Crippen LogP contribution in [0.25, 0.3) is 10.9 Å². The van der Waals surface area contributed by atoms with Gasteiger partial charge in [-0.2, -0.15) is 0 Å². The summed E-state index contributed by atoms with van der Waals surface area (Å²) >= 11 is 0. The molecule has 160 valence electrons. The maximum atomic E-state index is 14.0. The maximum absolute atomic E-state index is 14.0. The zero-order chi connectivity index (χ0) is 22.4. The second-order valence-electron chi connectivity index (χ2n) is 8.67. The lowest BCUT2D eigenvalue weighted by Gasteiger charge is -2.32. The molecule has 0 spiro atoms. The zero-order valence-electron chi connectivity index (χ0n) is 17.9. The molecule has 2 amide bonds. The Morgan fingerprint density at radius 1 is 0.606 bits per heavy atom. The van der Waals surface area contributed by atoms with Gasteiger partial charge in [0.1, 0.15) is 0 Å². The molecule has 2 heterocycles. The van der Waals surface area contributed by atoms with E-state index in [2.05, 4.69) is 17.1 Å². The summed E-state index contributed by atoms with van der Waals surface area (Å²) < 4.78 is 0. The molecule has 6 rings (SSSR count). The van der Waals surface area contributed by atoms with Crippen LogP contribution in [-0.4, -0.2) is 16.8 Å². The summed E-state index contributed by atoms with van der Waals surface area (Å²) in [6.45, 7) is 0. The van der Waals surface area contributed by atoms with Gasteiger partial charge in [0, 0.05) is 23.4 Å². The third-order valence-corrected chi connectivity index (χ3v) is 6.92. The zero-order valence-corrected chi connectivity index (χ0v) is 17.9. The van der Waals surface area contributed by atoms with Gasteiger partial charge in [0.05, 0.1) is 23.0 Å². The van der Waals surface area contributed by atoms with E-state index in [1.54, 1.807) is 6.20 Å². The number of nitrogens with zero attached hydrogens (tertiary/aromatic N) is 2. The van der Waals surface area contributed by atoms with Crippen LogP contribution >= 0.6 is 0 Å². The van der Waals surface area contributed by atoms with E-state index in [1.165, 1.54) is 4.90 Å². The van der Waals surface area contributed by atoms with Gasteiger partial charge in [-0.1, -0.05) is 91.0 Å². The summed E-state index contributed by atoms with van der Waals surface area (Å²) in [5, 5.41) is 0.905. The first-order valence-corrected chi connectivity index (χ1v) is 11.2. The topological polar surface area (TPSA) is 50.3 Å². The van der Waals surface area contributed by atoms with Crippen LogP contribution in [0.2, 0.25) is 0 Å². The predicted molar refractivity (Wildman–Crippen MR) is 129 cm³/mol. The van der Waals surface area contributed by atoms with E-state index in [1.807, 2.05) is 91.0 Å². The molecule has 33 heavy (non-hydrogen) atoms. The smallest absolute Gasteiger partial charge is 0.238 e. The largest absolute Gasteiger partial charge is 0.274 e. The van der Waals surface area contributed by atoms with Crippen LogP contribution in [0, 0.1) is 11.8 Å². The molecule has 4 aromatic rings. The van der Waals surface area contributed by atoms with Crippen molar-refractivity contribution in [2.45, 2.75) is 11.8 Å². The molecular weight excluding hydrogens is 408 g/mol. The van der Waals surface area contributed by atoms with E-state index in [4.69, 9.17) is 0 Å². The van der Waals surface area contributed by atoms with Crippen LogP contribution in [0.15, 0.2) is 109 Å². The highest BCUT2D eigenvalue weighted by Gasteiger charge is 2.55. The normalized spacial score (nSPS) is 24.3. The van der Waals surface area contributed by atoms with E-state index in [0.717, 1.165) is 16.5 Å². The number of hydrogen-bond acceptors (Lipinski definition) is 3. The number of hydrogen-bond donors (Lipinski definition) is 0. The second-order valence-corrected chi connectivity index (χ2v) is 8.67. The number of rotatable bonds is 3. The number of imide groups is 1. The molecule has 4 nitrogen and oxygen atoms in total. The van der Waals surface area contributed by atoms with E-state index in [-0.39, 0.29) is 23.7 Å². The van der Waals surface area contributed by atoms with Crippen molar-refractivity contribution in [3.63, 3.8) is 0 Å². The molecule has 1 fully saturated rings. The van der Waals surface area contributed by atoms with Crippen LogP contribution < -0.4 is 4.90 Å². The molecule has 1 aromatic heterocycles. The number of pyridine rings is 1. The van der Waals surface area contributed by atoms with Crippen molar-refractivity contribution in [3.05, 3.63) is 120 Å². The summed E-state index contributed by atoms with van der Waals surface area (Å²) in [5.41, 5.74) is 3.33. The number of para-hydroxylation sites is 1. The van der Waals surface area contributed by atoms with Gasteiger partial charge in [-0.3, -0.25) is 14.6 Å². The highest BCUT2D eigenvalue weighted by molar-refractivity contribution is 6.25. The maximum Gasteiger partial charge on any atom is 0.238 e. The van der Waals surface area contributed by atoms with Crippen molar-refractivity contribution in [2.75, 3.05) is 4.90 Å². The van der Waals surface area contributed by atoms with Gasteiger partial charge >= 0.3 is 0 Å². The number of carbonyl (C=O) groups is 2. The molecule has 0 radical (unpaired) electrons. The minimum Gasteiger partial charge on any atom is -0.274 e. The first kappa shape index (κ1) is 19.6. The van der Waals surface area contributed by atoms with E-state index in [0.29, 0.717) is 11.2 Å². The van der Waals surface area contributed by atoms with Crippen LogP contribution in [0.5, 0.6) is 0 Å². The Labute approximate surface area is 192 Å². The first-order chi connectivity index (χ1) is 16.2. The van der Waals surface area contributed by atoms with Crippen molar-refractivity contribution in [1.29, 1.82) is 0 Å². The van der Waals surface area contributed by atoms with E-state index in [9.17, 15) is 9.59 Å². The highest BCUT2D eigenvalue weighted by Crippen LogP contribution is 2.50. The fourth-order valence-electron chi connectivity index (χ4n) is 5.44. The fraction of sp³-hybridized carbons (Fsp3) is 0.138. The van der Waals surface area contributed by atoms with Crippen LogP contribution in [0.4, 0.5) is 5.69 Å². The molecular formula is C29H22N2O2. The van der Waals surface area contributed by atoms with Crippen molar-refractivity contribution in [3.8, 4) is 0 Å². The van der Waals surface area contributed by atoms with Gasteiger partial charge in [0.15, 0.2) is 0 Å². The van der Waals surface area contributed by atoms with Crippen LogP contribution in [-0.2, 0) is 9.59 Å². The Balaban J connectivity index is 1.52. The Bertz CT molecular complexity index is 1310. The van der Waals surface area contributed by atoms with Gasteiger partial charge in [-0.05, 0) is 23.3 Å². The Hall–Kier alpha value is -4.05. The number of allylic oxidation sites excluding steroid dienone is 2. The molecule has 2 aliphatic rings. The molecule has 0 saturated carbocycles. The van der Waals surface area contributed by atoms with Crippen LogP contribution in [0.3, 0.4) is 0 Å². The van der Waals surface area contributed by atoms with Gasteiger partial charge < -0.3 is 0 Å². The first-order valence-electron chi connectivity index (χ1n) is 11.2. The SMILES string of the molecule is O=C1[C@H]2[C@H](C(=O)N1c1cccc3cccnc13)[C@H](c1ccccc1)C=C[C@H]2c1ccccc1. The van der Waals surface area contributed by atoms with E-state index >= 15 is 0 Å². The Morgan fingerprint density at radius 3 is 1.73 bits per heavy atom. The average molecular weight is 431 g/mol. The molecule has 1 saturated heterocycles. The van der Waals surface area contributed by atoms with Gasteiger partial charge in [-0.15, -0.1) is 0 Å². The summed E-state index contributed by atoms with van der Waals surface area (Å²) in [4.78, 5) is 33.9. The number of fused-ring (bicyclic) bond motifs is 2. The lowest BCUT2D eigenvalue weighted by Crippen LogP contribution is -2.32. The van der Waals surface area contributed by atoms with Crippen molar-refractivity contribution < 1.29 is 9.59 Å².